The van der Waals surface area contributed by atoms with Gasteiger partial charge in [0.15, 0.2) is 0 Å². The largest absolute Gasteiger partial charge is 0.496 e. The summed E-state index contributed by atoms with van der Waals surface area (Å²) in [5.74, 6) is 0.955. The van der Waals surface area contributed by atoms with Crippen LogP contribution in [0.3, 0.4) is 0 Å². The molecular weight excluding hydrogens is 466 g/mol. The molecule has 1 heterocycles. The Kier molecular flexibility index (Phi) is 8.40. The zero-order valence-corrected chi connectivity index (χ0v) is 24.8. The molecule has 0 bridgehead atoms. The minimum atomic E-state index is 0.872. The standard InChI is InChI=1S/C34H44N3O/c1-10-27-30-21-24(8)35-33(30)31(28-17-15-25(19-22(28)6)36(11-2)12-3)32(34(27)38-9)29-18-16-26(20-23(29)7)37(13-4)14-5/h15-20,35H,10-14H2,1-9H3. The van der Waals surface area contributed by atoms with E-state index in [0.29, 0.717) is 0 Å². The fourth-order valence-corrected chi connectivity index (χ4v) is 5.96. The Balaban J connectivity index is 2.09. The molecule has 201 valence electrons. The van der Waals surface area contributed by atoms with Crippen LogP contribution in [0.1, 0.15) is 57.0 Å². The van der Waals surface area contributed by atoms with Crippen molar-refractivity contribution < 1.29 is 4.74 Å². The first kappa shape index (κ1) is 27.6. The molecule has 0 amide bonds. The van der Waals surface area contributed by atoms with E-state index in [2.05, 4.69) is 113 Å². The second-order valence-electron chi connectivity index (χ2n) is 10.1. The van der Waals surface area contributed by atoms with Gasteiger partial charge in [-0.3, -0.25) is 0 Å². The van der Waals surface area contributed by atoms with Gasteiger partial charge in [-0.05, 0) is 101 Å². The molecule has 0 fully saturated rings. The summed E-state index contributed by atoms with van der Waals surface area (Å²) in [6.45, 7) is 21.6. The third-order valence-electron chi connectivity index (χ3n) is 7.95. The van der Waals surface area contributed by atoms with Crippen LogP contribution in [0.15, 0.2) is 36.4 Å². The lowest BCUT2D eigenvalue weighted by molar-refractivity contribution is 0.413. The van der Waals surface area contributed by atoms with Crippen molar-refractivity contribution in [1.82, 2.24) is 4.98 Å². The molecule has 0 aliphatic heterocycles. The summed E-state index contributed by atoms with van der Waals surface area (Å²) in [4.78, 5) is 8.48. The highest BCUT2D eigenvalue weighted by molar-refractivity contribution is 6.08. The van der Waals surface area contributed by atoms with Crippen LogP contribution >= 0.6 is 0 Å². The molecule has 1 aromatic heterocycles. The number of nitrogens with one attached hydrogen (secondary N) is 1. The normalized spacial score (nSPS) is 11.3. The summed E-state index contributed by atoms with van der Waals surface area (Å²) >= 11 is 0. The maximum absolute atomic E-state index is 6.26. The lowest BCUT2D eigenvalue weighted by Crippen LogP contribution is -2.21. The molecule has 0 aliphatic rings. The van der Waals surface area contributed by atoms with E-state index in [9.17, 15) is 0 Å². The van der Waals surface area contributed by atoms with Gasteiger partial charge in [0.1, 0.15) is 5.75 Å². The van der Waals surface area contributed by atoms with Crippen molar-refractivity contribution in [2.75, 3.05) is 43.1 Å². The van der Waals surface area contributed by atoms with Crippen molar-refractivity contribution in [2.24, 2.45) is 0 Å². The highest BCUT2D eigenvalue weighted by Gasteiger charge is 2.25. The predicted octanol–water partition coefficient (Wildman–Crippen LogP) is 8.49. The number of methoxy groups -OCH3 is 1. The topological polar surface area (TPSA) is 31.5 Å². The Morgan fingerprint density at radius 1 is 0.737 bits per heavy atom. The van der Waals surface area contributed by atoms with Gasteiger partial charge in [-0.25, -0.2) is 0 Å². The predicted molar refractivity (Wildman–Crippen MR) is 165 cm³/mol. The Morgan fingerprint density at radius 2 is 1.24 bits per heavy atom. The van der Waals surface area contributed by atoms with Crippen molar-refractivity contribution in [1.29, 1.82) is 0 Å². The average Bonchev–Trinajstić information content (AvgIpc) is 3.30. The monoisotopic (exact) mass is 510 g/mol. The number of H-pyrrole nitrogens is 1. The molecule has 0 spiro atoms. The minimum absolute atomic E-state index is 0.872. The molecule has 4 heteroatoms. The molecule has 3 aromatic carbocycles. The summed E-state index contributed by atoms with van der Waals surface area (Å²) in [6, 6.07) is 17.4. The van der Waals surface area contributed by atoms with Crippen LogP contribution in [0.4, 0.5) is 11.4 Å². The van der Waals surface area contributed by atoms with Crippen LogP contribution in [0, 0.1) is 26.8 Å². The van der Waals surface area contributed by atoms with Gasteiger partial charge in [0.05, 0.1) is 12.6 Å². The molecule has 0 saturated heterocycles. The van der Waals surface area contributed by atoms with Gasteiger partial charge in [-0.15, -0.1) is 0 Å². The SMILES string of the molecule is CCc1c(OC)c(-c2ccc(N(CC)CC)cc2C)c(-c2ccc(N(CC)CC)cc2C)c2[nH]c(C)[c]c12. The molecule has 4 nitrogen and oxygen atoms in total. The zero-order valence-electron chi connectivity index (χ0n) is 24.8. The van der Waals surface area contributed by atoms with E-state index in [1.165, 1.54) is 44.8 Å². The van der Waals surface area contributed by atoms with Gasteiger partial charge in [0, 0.05) is 71.4 Å². The van der Waals surface area contributed by atoms with E-state index >= 15 is 0 Å². The number of hydrogen-bond acceptors (Lipinski definition) is 3. The molecular formula is C34H44N3O. The molecule has 0 saturated carbocycles. The zero-order chi connectivity index (χ0) is 27.6. The number of fused-ring (bicyclic) bond motifs is 1. The Hall–Kier alpha value is -3.40. The van der Waals surface area contributed by atoms with Gasteiger partial charge in [-0.1, -0.05) is 19.1 Å². The lowest BCUT2D eigenvalue weighted by atomic mass is 9.85. The highest BCUT2D eigenvalue weighted by atomic mass is 16.5. The fraction of sp³-hybridized carbons (Fsp3) is 0.412. The number of aromatic amines is 1. The maximum atomic E-state index is 6.26. The number of nitrogens with zero attached hydrogens (tertiary/aromatic N) is 2. The van der Waals surface area contributed by atoms with Crippen LogP contribution in [0.5, 0.6) is 5.75 Å². The number of anilines is 2. The van der Waals surface area contributed by atoms with Gasteiger partial charge in [-0.2, -0.15) is 0 Å². The van der Waals surface area contributed by atoms with E-state index in [4.69, 9.17) is 4.74 Å². The van der Waals surface area contributed by atoms with E-state index in [1.54, 1.807) is 0 Å². The van der Waals surface area contributed by atoms with E-state index < -0.39 is 0 Å². The van der Waals surface area contributed by atoms with Crippen molar-refractivity contribution in [3.8, 4) is 28.0 Å². The van der Waals surface area contributed by atoms with Crippen molar-refractivity contribution in [2.45, 2.75) is 61.8 Å². The highest BCUT2D eigenvalue weighted by Crippen LogP contribution is 2.49. The molecule has 1 radical (unpaired) electrons. The Bertz CT molecular complexity index is 1420. The van der Waals surface area contributed by atoms with Crippen molar-refractivity contribution in [3.63, 3.8) is 0 Å². The first-order valence-corrected chi connectivity index (χ1v) is 14.2. The van der Waals surface area contributed by atoms with Crippen molar-refractivity contribution >= 4 is 22.3 Å². The Morgan fingerprint density at radius 3 is 1.66 bits per heavy atom. The smallest absolute Gasteiger partial charge is 0.131 e. The molecule has 38 heavy (non-hydrogen) atoms. The van der Waals surface area contributed by atoms with Gasteiger partial charge < -0.3 is 19.5 Å². The molecule has 4 aromatic rings. The number of rotatable bonds is 10. The summed E-state index contributed by atoms with van der Waals surface area (Å²) in [5.41, 5.74) is 13.2. The molecule has 4 rings (SSSR count). The third-order valence-corrected chi connectivity index (χ3v) is 7.95. The first-order valence-electron chi connectivity index (χ1n) is 14.2. The summed E-state index contributed by atoms with van der Waals surface area (Å²) in [6.07, 6.45) is 0.872. The molecule has 0 aliphatic carbocycles. The second-order valence-corrected chi connectivity index (χ2v) is 10.1. The van der Waals surface area contributed by atoms with Crippen LogP contribution in [-0.2, 0) is 6.42 Å². The summed E-state index contributed by atoms with van der Waals surface area (Å²) < 4.78 is 6.26. The number of ether oxygens (including phenoxy) is 1. The van der Waals surface area contributed by atoms with E-state index in [1.807, 2.05) is 7.11 Å². The number of hydrogen-bond donors (Lipinski definition) is 1. The van der Waals surface area contributed by atoms with Gasteiger partial charge in [0.25, 0.3) is 0 Å². The lowest BCUT2D eigenvalue weighted by Gasteiger charge is -2.26. The third kappa shape index (κ3) is 4.77. The average molecular weight is 511 g/mol. The summed E-state index contributed by atoms with van der Waals surface area (Å²) in [5, 5.41) is 1.13. The number of aromatic nitrogens is 1. The molecule has 0 atom stereocenters. The van der Waals surface area contributed by atoms with Gasteiger partial charge >= 0.3 is 0 Å². The van der Waals surface area contributed by atoms with Crippen LogP contribution < -0.4 is 14.5 Å². The van der Waals surface area contributed by atoms with Gasteiger partial charge in [0.2, 0.25) is 0 Å². The second kappa shape index (κ2) is 11.6. The quantitative estimate of drug-likeness (QED) is 0.232. The van der Waals surface area contributed by atoms with Crippen LogP contribution in [0.25, 0.3) is 33.2 Å². The minimum Gasteiger partial charge on any atom is -0.496 e. The van der Waals surface area contributed by atoms with Crippen LogP contribution in [0.2, 0.25) is 0 Å². The number of benzene rings is 3. The Labute approximate surface area is 229 Å². The fourth-order valence-electron chi connectivity index (χ4n) is 5.96. The first-order chi connectivity index (χ1) is 18.3. The number of aryl methyl sites for hydroxylation is 4. The molecule has 1 N–H and O–H groups in total. The van der Waals surface area contributed by atoms with E-state index in [-0.39, 0.29) is 0 Å². The van der Waals surface area contributed by atoms with Crippen molar-refractivity contribution in [3.05, 3.63) is 64.8 Å². The van der Waals surface area contributed by atoms with Crippen LogP contribution in [-0.4, -0.2) is 38.3 Å². The summed E-state index contributed by atoms with van der Waals surface area (Å²) in [7, 11) is 1.81. The van der Waals surface area contributed by atoms with E-state index in [0.717, 1.165) is 60.5 Å². The molecule has 0 unspecified atom stereocenters. The maximum Gasteiger partial charge on any atom is 0.131 e.